The summed E-state index contributed by atoms with van der Waals surface area (Å²) in [5.41, 5.74) is 6.68. The van der Waals surface area contributed by atoms with Gasteiger partial charge in [0.05, 0.1) is 11.9 Å². The van der Waals surface area contributed by atoms with Crippen LogP contribution in [0.5, 0.6) is 0 Å². The van der Waals surface area contributed by atoms with Crippen molar-refractivity contribution in [3.05, 3.63) is 35.9 Å². The molecular formula is C10H15BrN2. The second kappa shape index (κ2) is 5.75. The Hall–Kier alpha value is -0.830. The Morgan fingerprint density at radius 2 is 1.85 bits per heavy atom. The molecule has 0 amide bonds. The van der Waals surface area contributed by atoms with Crippen LogP contribution in [0, 0.1) is 0 Å². The van der Waals surface area contributed by atoms with Gasteiger partial charge in [-0.3, -0.25) is 4.99 Å². The summed E-state index contributed by atoms with van der Waals surface area (Å²) in [6, 6.07) is 10.3. The predicted octanol–water partition coefficient (Wildman–Crippen LogP) is 2.70. The summed E-state index contributed by atoms with van der Waals surface area (Å²) in [6.07, 6.45) is 0. The molecule has 0 heterocycles. The highest BCUT2D eigenvalue weighted by Gasteiger charge is 2.00. The van der Waals surface area contributed by atoms with Crippen LogP contribution in [0.15, 0.2) is 35.3 Å². The Balaban J connectivity index is 0.00000144. The molecule has 1 aromatic carbocycles. The van der Waals surface area contributed by atoms with E-state index in [2.05, 4.69) is 17.1 Å². The molecule has 72 valence electrons. The smallest absolute Gasteiger partial charge is 0.0913 e. The van der Waals surface area contributed by atoms with Crippen LogP contribution in [0.4, 0.5) is 0 Å². The molecule has 13 heavy (non-hydrogen) atoms. The minimum absolute atomic E-state index is 0. The van der Waals surface area contributed by atoms with Crippen molar-refractivity contribution in [2.24, 2.45) is 10.7 Å². The largest absolute Gasteiger partial charge is 0.388 e. The van der Waals surface area contributed by atoms with Crippen molar-refractivity contribution in [3.8, 4) is 0 Å². The Morgan fingerprint density at radius 3 is 2.31 bits per heavy atom. The van der Waals surface area contributed by atoms with Crippen LogP contribution in [-0.4, -0.2) is 5.84 Å². The number of hydrogen-bond donors (Lipinski definition) is 1. The van der Waals surface area contributed by atoms with Gasteiger partial charge in [-0.25, -0.2) is 0 Å². The summed E-state index contributed by atoms with van der Waals surface area (Å²) in [5, 5.41) is 0. The van der Waals surface area contributed by atoms with Crippen LogP contribution >= 0.6 is 17.0 Å². The van der Waals surface area contributed by atoms with Crippen LogP contribution in [-0.2, 0) is 0 Å². The maximum Gasteiger partial charge on any atom is 0.0913 e. The quantitative estimate of drug-likeness (QED) is 0.629. The van der Waals surface area contributed by atoms with Crippen LogP contribution < -0.4 is 5.73 Å². The fourth-order valence-corrected chi connectivity index (χ4v) is 1.11. The first-order valence-corrected chi connectivity index (χ1v) is 4.05. The molecule has 1 unspecified atom stereocenters. The van der Waals surface area contributed by atoms with Gasteiger partial charge in [0.15, 0.2) is 0 Å². The van der Waals surface area contributed by atoms with Gasteiger partial charge in [0.2, 0.25) is 0 Å². The third kappa shape index (κ3) is 4.08. The van der Waals surface area contributed by atoms with Crippen molar-refractivity contribution in [3.63, 3.8) is 0 Å². The van der Waals surface area contributed by atoms with Gasteiger partial charge in [-0.2, -0.15) is 0 Å². The molecule has 0 saturated heterocycles. The van der Waals surface area contributed by atoms with E-state index in [1.54, 1.807) is 6.92 Å². The van der Waals surface area contributed by atoms with Crippen LogP contribution in [0.25, 0.3) is 0 Å². The summed E-state index contributed by atoms with van der Waals surface area (Å²) >= 11 is 0. The number of nitrogens with two attached hydrogens (primary N) is 1. The van der Waals surface area contributed by atoms with Crippen LogP contribution in [0.2, 0.25) is 0 Å². The van der Waals surface area contributed by atoms with E-state index >= 15 is 0 Å². The molecule has 3 heteroatoms. The SMILES string of the molecule is Br.CC(N)=NC(C)c1ccccc1. The molecule has 1 aromatic rings. The normalized spacial score (nSPS) is 13.2. The molecule has 2 N–H and O–H groups in total. The van der Waals surface area contributed by atoms with E-state index in [1.807, 2.05) is 25.1 Å². The molecular weight excluding hydrogens is 228 g/mol. The second-order valence-electron chi connectivity index (χ2n) is 2.86. The van der Waals surface area contributed by atoms with E-state index in [4.69, 9.17) is 5.73 Å². The first-order chi connectivity index (χ1) is 5.70. The van der Waals surface area contributed by atoms with Gasteiger partial charge in [0.1, 0.15) is 0 Å². The number of hydrogen-bond acceptors (Lipinski definition) is 1. The molecule has 0 spiro atoms. The van der Waals surface area contributed by atoms with Crippen molar-refractivity contribution < 1.29 is 0 Å². The summed E-state index contributed by atoms with van der Waals surface area (Å²) in [7, 11) is 0. The monoisotopic (exact) mass is 242 g/mol. The van der Waals surface area contributed by atoms with Crippen molar-refractivity contribution in [1.82, 2.24) is 0 Å². The number of halogens is 1. The lowest BCUT2D eigenvalue weighted by Crippen LogP contribution is -2.07. The van der Waals surface area contributed by atoms with Crippen molar-refractivity contribution in [2.45, 2.75) is 19.9 Å². The molecule has 1 rings (SSSR count). The predicted molar refractivity (Wildman–Crippen MR) is 62.5 cm³/mol. The zero-order valence-electron chi connectivity index (χ0n) is 7.90. The van der Waals surface area contributed by atoms with Crippen LogP contribution in [0.1, 0.15) is 25.5 Å². The molecule has 2 nitrogen and oxygen atoms in total. The third-order valence-electron chi connectivity index (χ3n) is 1.68. The van der Waals surface area contributed by atoms with Gasteiger partial charge in [0, 0.05) is 0 Å². The lowest BCUT2D eigenvalue weighted by Gasteiger charge is -2.05. The van der Waals surface area contributed by atoms with Crippen molar-refractivity contribution in [1.29, 1.82) is 0 Å². The van der Waals surface area contributed by atoms with Gasteiger partial charge in [-0.05, 0) is 19.4 Å². The molecule has 0 bridgehead atoms. The van der Waals surface area contributed by atoms with Gasteiger partial charge in [0.25, 0.3) is 0 Å². The van der Waals surface area contributed by atoms with Crippen molar-refractivity contribution in [2.75, 3.05) is 0 Å². The second-order valence-corrected chi connectivity index (χ2v) is 2.86. The molecule has 0 saturated carbocycles. The highest BCUT2D eigenvalue weighted by atomic mass is 79.9. The number of rotatable bonds is 2. The molecule has 0 aliphatic rings. The Morgan fingerprint density at radius 1 is 1.31 bits per heavy atom. The number of benzene rings is 1. The Kier molecular flexibility index (Phi) is 5.39. The van der Waals surface area contributed by atoms with Gasteiger partial charge in [-0.1, -0.05) is 30.3 Å². The summed E-state index contributed by atoms with van der Waals surface area (Å²) in [4.78, 5) is 4.24. The summed E-state index contributed by atoms with van der Waals surface area (Å²) in [5.74, 6) is 0.631. The number of aliphatic imine (C=N–C) groups is 1. The van der Waals surface area contributed by atoms with E-state index in [9.17, 15) is 0 Å². The maximum absolute atomic E-state index is 5.48. The third-order valence-corrected chi connectivity index (χ3v) is 1.68. The molecule has 0 aliphatic heterocycles. The molecule has 0 aliphatic carbocycles. The molecule has 0 fully saturated rings. The summed E-state index contributed by atoms with van der Waals surface area (Å²) < 4.78 is 0. The van der Waals surface area contributed by atoms with E-state index in [0.29, 0.717) is 5.84 Å². The summed E-state index contributed by atoms with van der Waals surface area (Å²) in [6.45, 7) is 3.84. The zero-order chi connectivity index (χ0) is 8.97. The maximum atomic E-state index is 5.48. The number of nitrogens with zero attached hydrogens (tertiary/aromatic N) is 1. The van der Waals surface area contributed by atoms with E-state index in [1.165, 1.54) is 5.56 Å². The van der Waals surface area contributed by atoms with E-state index < -0.39 is 0 Å². The molecule has 0 radical (unpaired) electrons. The lowest BCUT2D eigenvalue weighted by molar-refractivity contribution is 0.817. The van der Waals surface area contributed by atoms with Crippen molar-refractivity contribution >= 4 is 22.8 Å². The fraction of sp³-hybridized carbons (Fsp3) is 0.300. The average molecular weight is 243 g/mol. The zero-order valence-corrected chi connectivity index (χ0v) is 9.61. The Labute approximate surface area is 89.6 Å². The Bertz CT molecular complexity index is 266. The lowest BCUT2D eigenvalue weighted by atomic mass is 10.1. The van der Waals surface area contributed by atoms with Crippen LogP contribution in [0.3, 0.4) is 0 Å². The minimum Gasteiger partial charge on any atom is -0.388 e. The number of amidine groups is 1. The first-order valence-electron chi connectivity index (χ1n) is 4.05. The first kappa shape index (κ1) is 12.2. The van der Waals surface area contributed by atoms with Gasteiger partial charge < -0.3 is 5.73 Å². The standard InChI is InChI=1S/C10H14N2.BrH/c1-8(12-9(2)11)10-6-4-3-5-7-10;/h3-8H,1-2H3,(H2,11,12);1H. The molecule has 1 atom stereocenters. The fourth-order valence-electron chi connectivity index (χ4n) is 1.11. The van der Waals surface area contributed by atoms with E-state index in [-0.39, 0.29) is 23.0 Å². The van der Waals surface area contributed by atoms with Gasteiger partial charge in [-0.15, -0.1) is 17.0 Å². The molecule has 0 aromatic heterocycles. The minimum atomic E-state index is 0. The topological polar surface area (TPSA) is 38.4 Å². The highest BCUT2D eigenvalue weighted by Crippen LogP contribution is 2.15. The van der Waals surface area contributed by atoms with Gasteiger partial charge >= 0.3 is 0 Å². The highest BCUT2D eigenvalue weighted by molar-refractivity contribution is 8.93. The van der Waals surface area contributed by atoms with E-state index in [0.717, 1.165) is 0 Å². The average Bonchev–Trinajstić information content (AvgIpc) is 2.05.